The number of unbranched alkanes of at least 4 members (excludes halogenated alkanes) is 3. The summed E-state index contributed by atoms with van der Waals surface area (Å²) in [5.74, 6) is 0. The molecule has 0 unspecified atom stereocenters. The monoisotopic (exact) mass is 212 g/mol. The predicted octanol–water partition coefficient (Wildman–Crippen LogP) is 4.16. The van der Waals surface area contributed by atoms with Crippen LogP contribution >= 0.6 is 0 Å². The first-order valence-electron chi connectivity index (χ1n) is 6.16. The van der Waals surface area contributed by atoms with Gasteiger partial charge in [0.2, 0.25) is 0 Å². The van der Waals surface area contributed by atoms with Crippen molar-refractivity contribution in [2.24, 2.45) is 0 Å². The van der Waals surface area contributed by atoms with Crippen LogP contribution in [0.25, 0.3) is 10.9 Å². The van der Waals surface area contributed by atoms with Crippen LogP contribution in [0.4, 0.5) is 0 Å². The number of rotatable bonds is 5. The molecule has 0 saturated heterocycles. The summed E-state index contributed by atoms with van der Waals surface area (Å²) in [6, 6.07) is 10.4. The Labute approximate surface area is 97.5 Å². The summed E-state index contributed by atoms with van der Waals surface area (Å²) in [4.78, 5) is 4.36. The summed E-state index contributed by atoms with van der Waals surface area (Å²) < 4.78 is 0. The van der Waals surface area contributed by atoms with E-state index in [1.54, 1.807) is 0 Å². The molecule has 1 aromatic heterocycles. The van der Waals surface area contributed by atoms with Crippen molar-refractivity contribution in [2.75, 3.05) is 0 Å². The van der Waals surface area contributed by atoms with Gasteiger partial charge in [0.15, 0.2) is 0 Å². The Morgan fingerprint density at radius 3 is 2.88 bits per heavy atom. The quantitative estimate of drug-likeness (QED) is 0.678. The number of aryl methyl sites for hydroxylation is 1. The third-order valence-electron chi connectivity index (χ3n) is 2.89. The Balaban J connectivity index is 2.02. The smallest absolute Gasteiger partial charge is 0.0928 e. The van der Waals surface area contributed by atoms with Crippen LogP contribution in [0.3, 0.4) is 0 Å². The summed E-state index contributed by atoms with van der Waals surface area (Å²) in [7, 11) is 0. The van der Waals surface area contributed by atoms with Crippen LogP contribution in [0.15, 0.2) is 30.3 Å². The zero-order chi connectivity index (χ0) is 11.2. The van der Waals surface area contributed by atoms with Crippen molar-refractivity contribution in [1.82, 2.24) is 4.98 Å². The van der Waals surface area contributed by atoms with Gasteiger partial charge in [0, 0.05) is 5.39 Å². The Bertz CT molecular complexity index is 448. The first-order valence-corrected chi connectivity index (χ1v) is 6.16. The van der Waals surface area contributed by atoms with Crippen molar-refractivity contribution in [2.45, 2.75) is 39.0 Å². The SMILES string of the molecule is CCCCCCc1[c]nc2ccccc2c1. The summed E-state index contributed by atoms with van der Waals surface area (Å²) in [5, 5.41) is 1.23. The maximum atomic E-state index is 4.36. The molecule has 0 spiro atoms. The number of benzene rings is 1. The standard InChI is InChI=1S/C15H18N/c1-2-3-4-5-8-13-11-14-9-6-7-10-15(14)16-12-13/h6-7,9-11H,2-5,8H2,1H3. The third-order valence-corrected chi connectivity index (χ3v) is 2.89. The van der Waals surface area contributed by atoms with Crippen molar-refractivity contribution < 1.29 is 0 Å². The Kier molecular flexibility index (Phi) is 3.92. The topological polar surface area (TPSA) is 12.9 Å². The Hall–Kier alpha value is -1.37. The molecule has 1 heteroatoms. The van der Waals surface area contributed by atoms with E-state index in [4.69, 9.17) is 0 Å². The highest BCUT2D eigenvalue weighted by atomic mass is 14.6. The molecule has 0 atom stereocenters. The number of fused-ring (bicyclic) bond motifs is 1. The van der Waals surface area contributed by atoms with E-state index in [1.807, 2.05) is 12.1 Å². The van der Waals surface area contributed by atoms with E-state index in [2.05, 4.69) is 36.3 Å². The lowest BCUT2D eigenvalue weighted by atomic mass is 10.1. The fourth-order valence-corrected chi connectivity index (χ4v) is 1.93. The van der Waals surface area contributed by atoms with Gasteiger partial charge in [-0.05, 0) is 30.5 Å². The minimum Gasteiger partial charge on any atom is -0.246 e. The van der Waals surface area contributed by atoms with E-state index in [9.17, 15) is 0 Å². The minimum atomic E-state index is 1.04. The van der Waals surface area contributed by atoms with Gasteiger partial charge in [0.05, 0.1) is 11.7 Å². The molecule has 0 aliphatic carbocycles. The third kappa shape index (κ3) is 2.82. The van der Waals surface area contributed by atoms with Gasteiger partial charge in [-0.1, -0.05) is 44.4 Å². The lowest BCUT2D eigenvalue weighted by Gasteiger charge is -2.02. The highest BCUT2D eigenvalue weighted by Gasteiger charge is 1.98. The zero-order valence-corrected chi connectivity index (χ0v) is 9.87. The van der Waals surface area contributed by atoms with Crippen molar-refractivity contribution in [1.29, 1.82) is 0 Å². The molecule has 1 radical (unpaired) electrons. The molecule has 0 aliphatic rings. The summed E-state index contributed by atoms with van der Waals surface area (Å²) in [5.41, 5.74) is 2.29. The predicted molar refractivity (Wildman–Crippen MR) is 68.4 cm³/mol. The molecule has 2 aromatic rings. The number of nitrogens with zero attached hydrogens (tertiary/aromatic N) is 1. The lowest BCUT2D eigenvalue weighted by molar-refractivity contribution is 0.666. The second kappa shape index (κ2) is 5.64. The van der Waals surface area contributed by atoms with Crippen molar-refractivity contribution >= 4 is 10.9 Å². The molecule has 83 valence electrons. The van der Waals surface area contributed by atoms with Crippen molar-refractivity contribution in [3.05, 3.63) is 42.1 Å². The summed E-state index contributed by atoms with van der Waals surface area (Å²) in [6.07, 6.45) is 9.44. The lowest BCUT2D eigenvalue weighted by Crippen LogP contribution is -1.89. The van der Waals surface area contributed by atoms with Crippen molar-refractivity contribution in [3.63, 3.8) is 0 Å². The van der Waals surface area contributed by atoms with Crippen LogP contribution < -0.4 is 0 Å². The van der Waals surface area contributed by atoms with Gasteiger partial charge in [0.1, 0.15) is 0 Å². The van der Waals surface area contributed by atoms with Gasteiger partial charge in [-0.3, -0.25) is 0 Å². The van der Waals surface area contributed by atoms with Crippen LogP contribution in [-0.4, -0.2) is 4.98 Å². The fraction of sp³-hybridized carbons (Fsp3) is 0.400. The molecule has 1 heterocycles. The van der Waals surface area contributed by atoms with E-state index in [0.717, 1.165) is 11.9 Å². The molecule has 2 rings (SSSR count). The number of para-hydroxylation sites is 1. The van der Waals surface area contributed by atoms with Gasteiger partial charge < -0.3 is 0 Å². The average Bonchev–Trinajstić information content (AvgIpc) is 2.34. The zero-order valence-electron chi connectivity index (χ0n) is 9.87. The van der Waals surface area contributed by atoms with Gasteiger partial charge in [-0.15, -0.1) is 0 Å². The minimum absolute atomic E-state index is 1.04. The number of hydrogen-bond donors (Lipinski definition) is 0. The summed E-state index contributed by atoms with van der Waals surface area (Å²) >= 11 is 0. The molecule has 0 aliphatic heterocycles. The van der Waals surface area contributed by atoms with Crippen LogP contribution in [-0.2, 0) is 6.42 Å². The first-order chi connectivity index (χ1) is 7.90. The van der Waals surface area contributed by atoms with Gasteiger partial charge in [0.25, 0.3) is 0 Å². The molecule has 1 nitrogen and oxygen atoms in total. The normalized spacial score (nSPS) is 10.8. The van der Waals surface area contributed by atoms with E-state index >= 15 is 0 Å². The Morgan fingerprint density at radius 1 is 1.12 bits per heavy atom. The van der Waals surface area contributed by atoms with Crippen LogP contribution in [0.5, 0.6) is 0 Å². The molecular weight excluding hydrogens is 194 g/mol. The van der Waals surface area contributed by atoms with Gasteiger partial charge in [-0.2, -0.15) is 0 Å². The fourth-order valence-electron chi connectivity index (χ4n) is 1.93. The average molecular weight is 212 g/mol. The van der Waals surface area contributed by atoms with Crippen LogP contribution in [0.2, 0.25) is 0 Å². The first kappa shape index (κ1) is 11.1. The van der Waals surface area contributed by atoms with E-state index < -0.39 is 0 Å². The van der Waals surface area contributed by atoms with E-state index in [-0.39, 0.29) is 0 Å². The maximum absolute atomic E-state index is 4.36. The molecule has 1 aromatic carbocycles. The molecule has 0 amide bonds. The van der Waals surface area contributed by atoms with Crippen LogP contribution in [0.1, 0.15) is 38.2 Å². The molecule has 0 N–H and O–H groups in total. The number of aromatic nitrogens is 1. The number of pyridine rings is 1. The van der Waals surface area contributed by atoms with E-state index in [1.165, 1.54) is 36.6 Å². The summed E-state index contributed by atoms with van der Waals surface area (Å²) in [6.45, 7) is 2.24. The molecule has 0 bridgehead atoms. The maximum Gasteiger partial charge on any atom is 0.0928 e. The molecule has 0 saturated carbocycles. The van der Waals surface area contributed by atoms with Crippen molar-refractivity contribution in [3.8, 4) is 0 Å². The highest BCUT2D eigenvalue weighted by Crippen LogP contribution is 2.14. The molecule has 0 fully saturated rings. The molecular formula is C15H18N. The van der Waals surface area contributed by atoms with Crippen LogP contribution in [0, 0.1) is 6.20 Å². The second-order valence-electron chi connectivity index (χ2n) is 4.26. The Morgan fingerprint density at radius 2 is 2.00 bits per heavy atom. The highest BCUT2D eigenvalue weighted by molar-refractivity contribution is 5.78. The van der Waals surface area contributed by atoms with E-state index in [0.29, 0.717) is 0 Å². The van der Waals surface area contributed by atoms with Gasteiger partial charge >= 0.3 is 0 Å². The second-order valence-corrected chi connectivity index (χ2v) is 4.26. The largest absolute Gasteiger partial charge is 0.246 e. The van der Waals surface area contributed by atoms with Gasteiger partial charge in [-0.25, -0.2) is 4.98 Å². The molecule has 16 heavy (non-hydrogen) atoms. The number of hydrogen-bond acceptors (Lipinski definition) is 1.